The Morgan fingerprint density at radius 3 is 2.42 bits per heavy atom. The van der Waals surface area contributed by atoms with Gasteiger partial charge in [0.05, 0.1) is 25.3 Å². The van der Waals surface area contributed by atoms with E-state index in [1.54, 1.807) is 61.7 Å². The van der Waals surface area contributed by atoms with Gasteiger partial charge in [-0.15, -0.1) is 0 Å². The maximum atomic E-state index is 12.7. The normalized spacial score (nSPS) is 10.7. The molecule has 0 spiro atoms. The molecule has 0 atom stereocenters. The molecule has 6 nitrogen and oxygen atoms in total. The molecule has 4 rings (SSSR count). The molecule has 0 fully saturated rings. The first-order chi connectivity index (χ1) is 15.0. The average Bonchev–Trinajstić information content (AvgIpc) is 2.78. The van der Waals surface area contributed by atoms with Crippen molar-refractivity contribution in [3.63, 3.8) is 0 Å². The largest absolute Gasteiger partial charge is 0.497 e. The predicted molar refractivity (Wildman–Crippen MR) is 117 cm³/mol. The molecule has 7 heteroatoms. The molecular formula is C24H17ClO6. The second kappa shape index (κ2) is 8.53. The summed E-state index contributed by atoms with van der Waals surface area (Å²) in [6.45, 7) is 0. The van der Waals surface area contributed by atoms with Gasteiger partial charge in [-0.2, -0.15) is 0 Å². The van der Waals surface area contributed by atoms with E-state index in [2.05, 4.69) is 0 Å². The van der Waals surface area contributed by atoms with E-state index in [1.165, 1.54) is 19.2 Å². The summed E-state index contributed by atoms with van der Waals surface area (Å²) in [6, 6.07) is 18.1. The maximum absolute atomic E-state index is 12.7. The zero-order chi connectivity index (χ0) is 22.0. The molecule has 0 saturated carbocycles. The Morgan fingerprint density at radius 2 is 1.68 bits per heavy atom. The minimum absolute atomic E-state index is 0.243. The SMILES string of the molecule is COc1ccc(OC)c(-c2cc3ccc(OC(=O)c4cccc(Cl)c4)cc3oc2=O)c1. The van der Waals surface area contributed by atoms with Gasteiger partial charge in [-0.25, -0.2) is 9.59 Å². The Hall–Kier alpha value is -3.77. The molecule has 3 aromatic carbocycles. The highest BCUT2D eigenvalue weighted by atomic mass is 35.5. The number of fused-ring (bicyclic) bond motifs is 1. The number of hydrogen-bond donors (Lipinski definition) is 0. The summed E-state index contributed by atoms with van der Waals surface area (Å²) in [6.07, 6.45) is 0. The van der Waals surface area contributed by atoms with Crippen molar-refractivity contribution in [3.8, 4) is 28.4 Å². The van der Waals surface area contributed by atoms with Gasteiger partial charge < -0.3 is 18.6 Å². The number of ether oxygens (including phenoxy) is 3. The van der Waals surface area contributed by atoms with Crippen LogP contribution in [0.3, 0.4) is 0 Å². The smallest absolute Gasteiger partial charge is 0.344 e. The van der Waals surface area contributed by atoms with Crippen molar-refractivity contribution in [1.29, 1.82) is 0 Å². The Morgan fingerprint density at radius 1 is 0.871 bits per heavy atom. The molecule has 31 heavy (non-hydrogen) atoms. The maximum Gasteiger partial charge on any atom is 0.344 e. The van der Waals surface area contributed by atoms with Gasteiger partial charge in [-0.3, -0.25) is 0 Å². The molecule has 0 radical (unpaired) electrons. The predicted octanol–water partition coefficient (Wildman–Crippen LogP) is 5.35. The monoisotopic (exact) mass is 436 g/mol. The molecule has 0 saturated heterocycles. The topological polar surface area (TPSA) is 75.0 Å². The summed E-state index contributed by atoms with van der Waals surface area (Å²) in [5.74, 6) is 0.771. The second-order valence-electron chi connectivity index (χ2n) is 6.61. The zero-order valence-electron chi connectivity index (χ0n) is 16.7. The minimum Gasteiger partial charge on any atom is -0.497 e. The molecule has 0 aliphatic heterocycles. The van der Waals surface area contributed by atoms with Gasteiger partial charge in [0.2, 0.25) is 0 Å². The van der Waals surface area contributed by atoms with Crippen LogP contribution in [0.2, 0.25) is 5.02 Å². The lowest BCUT2D eigenvalue weighted by Crippen LogP contribution is -2.08. The Bertz CT molecular complexity index is 1340. The molecular weight excluding hydrogens is 420 g/mol. The summed E-state index contributed by atoms with van der Waals surface area (Å²) in [5, 5.41) is 1.08. The van der Waals surface area contributed by atoms with Crippen LogP contribution in [0.1, 0.15) is 10.4 Å². The lowest BCUT2D eigenvalue weighted by molar-refractivity contribution is 0.0735. The van der Waals surface area contributed by atoms with Crippen LogP contribution in [0.25, 0.3) is 22.1 Å². The Balaban J connectivity index is 1.70. The van der Waals surface area contributed by atoms with E-state index in [4.69, 9.17) is 30.2 Å². The van der Waals surface area contributed by atoms with Crippen molar-refractivity contribution in [2.75, 3.05) is 14.2 Å². The third-order valence-corrected chi connectivity index (χ3v) is 4.91. The van der Waals surface area contributed by atoms with Gasteiger partial charge in [0.1, 0.15) is 22.8 Å². The van der Waals surface area contributed by atoms with Crippen LogP contribution >= 0.6 is 11.6 Å². The summed E-state index contributed by atoms with van der Waals surface area (Å²) in [5.41, 5.74) is 0.916. The van der Waals surface area contributed by atoms with Crippen LogP contribution in [0.5, 0.6) is 17.2 Å². The van der Waals surface area contributed by atoms with E-state index >= 15 is 0 Å². The second-order valence-corrected chi connectivity index (χ2v) is 7.05. The quantitative estimate of drug-likeness (QED) is 0.238. The number of methoxy groups -OCH3 is 2. The number of carbonyl (C=O) groups is 1. The van der Waals surface area contributed by atoms with Crippen LogP contribution in [-0.2, 0) is 0 Å². The zero-order valence-corrected chi connectivity index (χ0v) is 17.4. The molecule has 0 aliphatic rings. The van der Waals surface area contributed by atoms with Gasteiger partial charge in [0.25, 0.3) is 0 Å². The fraction of sp³-hybridized carbons (Fsp3) is 0.0833. The lowest BCUT2D eigenvalue weighted by atomic mass is 10.0. The van der Waals surface area contributed by atoms with Crippen LogP contribution in [0, 0.1) is 0 Å². The number of halogens is 1. The molecule has 1 heterocycles. The number of esters is 1. The first kappa shape index (κ1) is 20.5. The third-order valence-electron chi connectivity index (χ3n) is 4.68. The molecule has 0 unspecified atom stereocenters. The molecule has 156 valence electrons. The van der Waals surface area contributed by atoms with Crippen molar-refractivity contribution in [2.24, 2.45) is 0 Å². The molecule has 4 aromatic rings. The van der Waals surface area contributed by atoms with Crippen molar-refractivity contribution in [3.05, 3.63) is 87.7 Å². The molecule has 0 aliphatic carbocycles. The van der Waals surface area contributed by atoms with Crippen LogP contribution in [0.4, 0.5) is 0 Å². The Kier molecular flexibility index (Phi) is 5.64. The summed E-state index contributed by atoms with van der Waals surface area (Å²) in [4.78, 5) is 25.0. The third kappa shape index (κ3) is 4.25. The van der Waals surface area contributed by atoms with Crippen LogP contribution in [-0.4, -0.2) is 20.2 Å². The molecule has 1 aromatic heterocycles. The number of carbonyl (C=O) groups excluding carboxylic acids is 1. The number of rotatable bonds is 5. The fourth-order valence-electron chi connectivity index (χ4n) is 3.15. The van der Waals surface area contributed by atoms with E-state index in [0.29, 0.717) is 38.6 Å². The summed E-state index contributed by atoms with van der Waals surface area (Å²) in [7, 11) is 3.06. The first-order valence-corrected chi connectivity index (χ1v) is 9.64. The standard InChI is InChI=1S/C24H17ClO6/c1-28-17-8-9-21(29-2)19(12-17)20-11-14-6-7-18(13-22(14)31-24(20)27)30-23(26)15-4-3-5-16(25)10-15/h3-13H,1-2H3. The Labute approximate surface area is 182 Å². The fourth-order valence-corrected chi connectivity index (χ4v) is 3.34. The van der Waals surface area contributed by atoms with E-state index < -0.39 is 11.6 Å². The van der Waals surface area contributed by atoms with Gasteiger partial charge in [0.15, 0.2) is 0 Å². The van der Waals surface area contributed by atoms with E-state index in [-0.39, 0.29) is 11.3 Å². The molecule has 0 bridgehead atoms. The van der Waals surface area contributed by atoms with Crippen molar-refractivity contribution >= 4 is 28.5 Å². The highest BCUT2D eigenvalue weighted by molar-refractivity contribution is 6.30. The van der Waals surface area contributed by atoms with E-state index in [1.807, 2.05) is 0 Å². The first-order valence-electron chi connectivity index (χ1n) is 9.26. The van der Waals surface area contributed by atoms with E-state index in [0.717, 1.165) is 0 Å². The van der Waals surface area contributed by atoms with Crippen LogP contribution in [0.15, 0.2) is 75.9 Å². The van der Waals surface area contributed by atoms with Crippen molar-refractivity contribution in [1.82, 2.24) is 0 Å². The summed E-state index contributed by atoms with van der Waals surface area (Å²) >= 11 is 5.92. The highest BCUT2D eigenvalue weighted by Crippen LogP contribution is 2.33. The van der Waals surface area contributed by atoms with Gasteiger partial charge in [-0.1, -0.05) is 17.7 Å². The molecule has 0 amide bonds. The highest BCUT2D eigenvalue weighted by Gasteiger charge is 2.15. The number of benzene rings is 3. The molecule has 0 N–H and O–H groups in total. The van der Waals surface area contributed by atoms with Gasteiger partial charge in [0, 0.05) is 22.0 Å². The summed E-state index contributed by atoms with van der Waals surface area (Å²) < 4.78 is 21.5. The van der Waals surface area contributed by atoms with E-state index in [9.17, 15) is 9.59 Å². The van der Waals surface area contributed by atoms with Crippen molar-refractivity contribution in [2.45, 2.75) is 0 Å². The van der Waals surface area contributed by atoms with Crippen molar-refractivity contribution < 1.29 is 23.4 Å². The van der Waals surface area contributed by atoms with Gasteiger partial charge in [-0.05, 0) is 54.6 Å². The lowest BCUT2D eigenvalue weighted by Gasteiger charge is -2.11. The van der Waals surface area contributed by atoms with Crippen LogP contribution < -0.4 is 19.8 Å². The minimum atomic E-state index is -0.568. The number of hydrogen-bond acceptors (Lipinski definition) is 6. The van der Waals surface area contributed by atoms with Gasteiger partial charge >= 0.3 is 11.6 Å². The average molecular weight is 437 g/mol.